The number of aromatic nitrogens is 3. The Kier molecular flexibility index (Phi) is 5.05. The monoisotopic (exact) mass is 361 g/mol. The molecule has 2 aromatic heterocycles. The van der Waals surface area contributed by atoms with E-state index in [1.807, 2.05) is 0 Å². The Bertz CT molecular complexity index is 966. The highest BCUT2D eigenvalue weighted by atomic mass is 32.1. The van der Waals surface area contributed by atoms with Gasteiger partial charge in [0.1, 0.15) is 17.4 Å². The molecule has 0 aliphatic heterocycles. The molecule has 0 aliphatic carbocycles. The van der Waals surface area contributed by atoms with Crippen LogP contribution in [0.15, 0.2) is 35.1 Å². The number of carbonyl (C=O) groups excluding carboxylic acids is 1. The summed E-state index contributed by atoms with van der Waals surface area (Å²) in [5, 5.41) is 4.76. The number of rotatable bonds is 6. The number of benzene rings is 1. The molecule has 0 aliphatic rings. The molecule has 0 saturated heterocycles. The number of nitrogens with zero attached hydrogens (tertiary/aromatic N) is 3. The molecule has 3 rings (SSSR count). The van der Waals surface area contributed by atoms with Gasteiger partial charge in [0.2, 0.25) is 4.96 Å². The molecule has 0 bridgehead atoms. The maximum atomic E-state index is 12.1. The van der Waals surface area contributed by atoms with E-state index in [-0.39, 0.29) is 12.2 Å². The normalized spacial score (nSPS) is 10.8. The van der Waals surface area contributed by atoms with Gasteiger partial charge in [0.25, 0.3) is 5.56 Å². The first-order valence-corrected chi connectivity index (χ1v) is 8.11. The van der Waals surface area contributed by atoms with E-state index in [9.17, 15) is 9.59 Å². The molecule has 0 saturated carbocycles. The Morgan fingerprint density at radius 1 is 1.24 bits per heavy atom. The first kappa shape index (κ1) is 17.1. The Morgan fingerprint density at radius 3 is 2.84 bits per heavy atom. The highest BCUT2D eigenvalue weighted by molar-refractivity contribution is 7.16. The van der Waals surface area contributed by atoms with Crippen LogP contribution in [0.4, 0.5) is 0 Å². The fraction of sp³-hybridized carbons (Fsp3) is 0.250. The van der Waals surface area contributed by atoms with Crippen molar-refractivity contribution in [3.05, 3.63) is 57.0 Å². The van der Waals surface area contributed by atoms with E-state index in [0.717, 1.165) is 0 Å². The smallest absolute Gasteiger partial charge is 0.338 e. The average molecular weight is 361 g/mol. The molecule has 0 unspecified atom stereocenters. The second kappa shape index (κ2) is 7.41. The molecular weight excluding hydrogens is 346 g/mol. The van der Waals surface area contributed by atoms with Gasteiger partial charge in [-0.15, -0.1) is 0 Å². The minimum atomic E-state index is -0.523. The third-order valence-electron chi connectivity index (χ3n) is 3.26. The van der Waals surface area contributed by atoms with E-state index < -0.39 is 5.97 Å². The highest BCUT2D eigenvalue weighted by Crippen LogP contribution is 2.15. The third kappa shape index (κ3) is 3.83. The van der Waals surface area contributed by atoms with Gasteiger partial charge in [-0.05, 0) is 18.2 Å². The van der Waals surface area contributed by atoms with E-state index >= 15 is 0 Å². The van der Waals surface area contributed by atoms with E-state index in [2.05, 4.69) is 10.1 Å². The molecule has 3 aromatic rings. The Morgan fingerprint density at radius 2 is 2.08 bits per heavy atom. The lowest BCUT2D eigenvalue weighted by Gasteiger charge is -2.05. The molecule has 8 nitrogen and oxygen atoms in total. The van der Waals surface area contributed by atoms with Gasteiger partial charge in [0.05, 0.1) is 25.0 Å². The van der Waals surface area contributed by atoms with Gasteiger partial charge in [0, 0.05) is 13.2 Å². The van der Waals surface area contributed by atoms with Crippen molar-refractivity contribution in [2.24, 2.45) is 0 Å². The van der Waals surface area contributed by atoms with Crippen LogP contribution >= 0.6 is 11.3 Å². The van der Waals surface area contributed by atoms with Gasteiger partial charge in [-0.3, -0.25) is 4.79 Å². The van der Waals surface area contributed by atoms with E-state index in [1.54, 1.807) is 31.4 Å². The second-order valence-electron chi connectivity index (χ2n) is 5.02. The van der Waals surface area contributed by atoms with Crippen molar-refractivity contribution in [2.45, 2.75) is 13.2 Å². The number of methoxy groups -OCH3 is 2. The topological polar surface area (TPSA) is 92.0 Å². The fourth-order valence-corrected chi connectivity index (χ4v) is 3.01. The Hall–Kier alpha value is -2.78. The van der Waals surface area contributed by atoms with Crippen LogP contribution in [-0.4, -0.2) is 34.8 Å². The summed E-state index contributed by atoms with van der Waals surface area (Å²) in [5.74, 6) is 0.0350. The predicted octanol–water partition coefficient (Wildman–Crippen LogP) is 1.66. The van der Waals surface area contributed by atoms with Crippen LogP contribution in [-0.2, 0) is 22.7 Å². The van der Waals surface area contributed by atoms with E-state index in [0.29, 0.717) is 33.6 Å². The van der Waals surface area contributed by atoms with Crippen LogP contribution in [0.3, 0.4) is 0 Å². The number of hydrogen-bond acceptors (Lipinski definition) is 8. The summed E-state index contributed by atoms with van der Waals surface area (Å²) in [6, 6.07) is 7.92. The van der Waals surface area contributed by atoms with E-state index in [1.165, 1.54) is 29.0 Å². The van der Waals surface area contributed by atoms with Crippen LogP contribution in [0.5, 0.6) is 5.75 Å². The van der Waals surface area contributed by atoms with Crippen molar-refractivity contribution in [3.63, 3.8) is 0 Å². The SMILES string of the molecule is COCc1nn2c(=O)cc(COC(=O)c3cccc(OC)c3)nc2s1. The van der Waals surface area contributed by atoms with E-state index in [4.69, 9.17) is 14.2 Å². The maximum absolute atomic E-state index is 12.1. The molecule has 0 fully saturated rings. The average Bonchev–Trinajstić information content (AvgIpc) is 3.03. The zero-order chi connectivity index (χ0) is 17.8. The van der Waals surface area contributed by atoms with Gasteiger partial charge in [-0.2, -0.15) is 9.61 Å². The second-order valence-corrected chi connectivity index (χ2v) is 6.06. The lowest BCUT2D eigenvalue weighted by atomic mass is 10.2. The lowest BCUT2D eigenvalue weighted by Crippen LogP contribution is -2.16. The zero-order valence-corrected chi connectivity index (χ0v) is 14.4. The van der Waals surface area contributed by atoms with Crippen molar-refractivity contribution in [1.29, 1.82) is 0 Å². The number of carbonyl (C=O) groups is 1. The summed E-state index contributed by atoms with van der Waals surface area (Å²) in [6.07, 6.45) is 0. The molecule has 2 heterocycles. The van der Waals surface area contributed by atoms with Gasteiger partial charge < -0.3 is 14.2 Å². The minimum Gasteiger partial charge on any atom is -0.497 e. The maximum Gasteiger partial charge on any atom is 0.338 e. The summed E-state index contributed by atoms with van der Waals surface area (Å²) in [5.41, 5.74) is 0.377. The van der Waals surface area contributed by atoms with Crippen LogP contribution in [0, 0.1) is 0 Å². The number of fused-ring (bicyclic) bond motifs is 1. The molecule has 130 valence electrons. The molecule has 0 radical (unpaired) electrons. The first-order valence-electron chi connectivity index (χ1n) is 7.29. The largest absolute Gasteiger partial charge is 0.497 e. The molecule has 1 aromatic carbocycles. The van der Waals surface area contributed by atoms with Crippen molar-refractivity contribution >= 4 is 22.3 Å². The van der Waals surface area contributed by atoms with Crippen molar-refractivity contribution in [2.75, 3.05) is 14.2 Å². The zero-order valence-electron chi connectivity index (χ0n) is 13.6. The van der Waals surface area contributed by atoms with Crippen LogP contribution in [0.1, 0.15) is 21.1 Å². The quantitative estimate of drug-likeness (QED) is 0.617. The van der Waals surface area contributed by atoms with Gasteiger partial charge in [-0.1, -0.05) is 17.4 Å². The summed E-state index contributed by atoms with van der Waals surface area (Å²) < 4.78 is 16.5. The standard InChI is InChI=1S/C16H15N3O5S/c1-22-9-13-18-19-14(20)7-11(17-16(19)25-13)8-24-15(21)10-4-3-5-12(6-10)23-2/h3-7H,8-9H2,1-2H3. The summed E-state index contributed by atoms with van der Waals surface area (Å²) in [7, 11) is 3.07. The van der Waals surface area contributed by atoms with Crippen molar-refractivity contribution in [3.8, 4) is 5.75 Å². The highest BCUT2D eigenvalue weighted by Gasteiger charge is 2.12. The number of ether oxygens (including phenoxy) is 3. The molecule has 25 heavy (non-hydrogen) atoms. The number of hydrogen-bond donors (Lipinski definition) is 0. The van der Waals surface area contributed by atoms with Crippen LogP contribution in [0.2, 0.25) is 0 Å². The van der Waals surface area contributed by atoms with Crippen molar-refractivity contribution in [1.82, 2.24) is 14.6 Å². The number of esters is 1. The van der Waals surface area contributed by atoms with Gasteiger partial charge in [0.15, 0.2) is 0 Å². The molecule has 0 N–H and O–H groups in total. The molecule has 0 atom stereocenters. The molecular formula is C16H15N3O5S. The van der Waals surface area contributed by atoms with Crippen molar-refractivity contribution < 1.29 is 19.0 Å². The van der Waals surface area contributed by atoms with Gasteiger partial charge in [-0.25, -0.2) is 9.78 Å². The molecule has 9 heteroatoms. The third-order valence-corrected chi connectivity index (χ3v) is 4.15. The summed E-state index contributed by atoms with van der Waals surface area (Å²) in [4.78, 5) is 28.9. The summed E-state index contributed by atoms with van der Waals surface area (Å²) >= 11 is 1.24. The lowest BCUT2D eigenvalue weighted by molar-refractivity contribution is 0.0467. The Balaban J connectivity index is 1.76. The minimum absolute atomic E-state index is 0.112. The van der Waals surface area contributed by atoms with Crippen LogP contribution in [0.25, 0.3) is 4.96 Å². The molecule has 0 amide bonds. The Labute approximate surface area is 146 Å². The predicted molar refractivity (Wildman–Crippen MR) is 90.0 cm³/mol. The van der Waals surface area contributed by atoms with Gasteiger partial charge >= 0.3 is 5.97 Å². The molecule has 0 spiro atoms. The fourth-order valence-electron chi connectivity index (χ4n) is 2.12. The first-order chi connectivity index (χ1) is 12.1. The van der Waals surface area contributed by atoms with Crippen LogP contribution < -0.4 is 10.3 Å². The summed E-state index contributed by atoms with van der Waals surface area (Å²) in [6.45, 7) is 0.187.